The number of carbonyl (C=O) groups is 1. The maximum atomic E-state index is 11.7. The van der Waals surface area contributed by atoms with Gasteiger partial charge in [0.25, 0.3) is 0 Å². The molecule has 0 unspecified atom stereocenters. The molecule has 2 rings (SSSR count). The average molecular weight is 298 g/mol. The van der Waals surface area contributed by atoms with Gasteiger partial charge in [-0.25, -0.2) is 4.79 Å². The minimum atomic E-state index is -0.553. The number of rotatable bonds is 3. The van der Waals surface area contributed by atoms with E-state index in [1.807, 2.05) is 0 Å². The average Bonchev–Trinajstić information content (AvgIpc) is 2.61. The van der Waals surface area contributed by atoms with Crippen LogP contribution in [0.5, 0.6) is 5.88 Å². The molecule has 0 N–H and O–H groups in total. The largest absolute Gasteiger partial charge is 0.465 e. The molecule has 0 bridgehead atoms. The molecule has 2 heterocycles. The smallest absolute Gasteiger partial charge is 0.410 e. The van der Waals surface area contributed by atoms with E-state index in [-0.39, 0.29) is 17.7 Å². The molecular weight excluding hydrogens is 280 g/mol. The summed E-state index contributed by atoms with van der Waals surface area (Å²) < 4.78 is 12.0. The summed E-state index contributed by atoms with van der Waals surface area (Å²) in [4.78, 5) is 23.5. The van der Waals surface area contributed by atoms with E-state index in [1.54, 1.807) is 27.8 Å². The number of nitrogens with zero attached hydrogens (tertiary/aromatic N) is 4. The van der Waals surface area contributed by atoms with Gasteiger partial charge in [-0.15, -0.1) is 5.10 Å². The fourth-order valence-electron chi connectivity index (χ4n) is 1.81. The highest BCUT2D eigenvalue weighted by Crippen LogP contribution is 2.27. The third kappa shape index (κ3) is 3.61. The first-order chi connectivity index (χ1) is 9.65. The fraction of sp³-hybridized carbons (Fsp3) is 0.667. The summed E-state index contributed by atoms with van der Waals surface area (Å²) in [6, 6.07) is 0. The highest BCUT2D eigenvalue weighted by atomic mass is 16.6. The van der Waals surface area contributed by atoms with Crippen molar-refractivity contribution in [2.45, 2.75) is 32.5 Å². The second kappa shape index (κ2) is 5.23. The molecule has 0 aliphatic carbocycles. The second-order valence-electron chi connectivity index (χ2n) is 5.88. The van der Waals surface area contributed by atoms with E-state index < -0.39 is 16.6 Å². The molecule has 1 aliphatic rings. The molecule has 9 heteroatoms. The molecule has 0 saturated carbocycles. The summed E-state index contributed by atoms with van der Waals surface area (Å²) in [5.74, 6) is -0.0312. The third-order valence-electron chi connectivity index (χ3n) is 2.75. The van der Waals surface area contributed by atoms with E-state index in [0.717, 1.165) is 0 Å². The van der Waals surface area contributed by atoms with Crippen molar-refractivity contribution in [3.63, 3.8) is 0 Å². The lowest BCUT2D eigenvalue weighted by Crippen LogP contribution is -2.57. The summed E-state index contributed by atoms with van der Waals surface area (Å²) >= 11 is 0. The number of carbonyl (C=O) groups excluding carboxylic acids is 1. The normalized spacial score (nSPS) is 15.5. The summed E-state index contributed by atoms with van der Waals surface area (Å²) in [5.41, 5.74) is -0.740. The van der Waals surface area contributed by atoms with Gasteiger partial charge in [-0.3, -0.25) is 14.8 Å². The molecule has 9 nitrogen and oxygen atoms in total. The van der Waals surface area contributed by atoms with Crippen molar-refractivity contribution in [3.05, 3.63) is 16.3 Å². The van der Waals surface area contributed by atoms with Crippen LogP contribution in [-0.4, -0.2) is 50.5 Å². The Balaban J connectivity index is 1.89. The van der Waals surface area contributed by atoms with Crippen LogP contribution in [0, 0.1) is 10.1 Å². The Bertz CT molecular complexity index is 556. The van der Waals surface area contributed by atoms with Crippen LogP contribution in [0.4, 0.5) is 10.5 Å². The highest BCUT2D eigenvalue weighted by molar-refractivity contribution is 5.69. The van der Waals surface area contributed by atoms with Crippen LogP contribution in [-0.2, 0) is 11.8 Å². The van der Waals surface area contributed by atoms with Gasteiger partial charge in [0, 0.05) is 7.05 Å². The standard InChI is InChI=1S/C12H18N4O5/c1-12(2,3)21-11(17)15-5-8(6-15)20-10-9(16(18)19)7-14(4)13-10/h7-8H,5-6H2,1-4H3. The lowest BCUT2D eigenvalue weighted by atomic mass is 10.2. The Kier molecular flexibility index (Phi) is 3.75. The quantitative estimate of drug-likeness (QED) is 0.616. The van der Waals surface area contributed by atoms with E-state index in [4.69, 9.17) is 9.47 Å². The highest BCUT2D eigenvalue weighted by Gasteiger charge is 2.37. The van der Waals surface area contributed by atoms with Crippen molar-refractivity contribution in [2.24, 2.45) is 7.05 Å². The van der Waals surface area contributed by atoms with Crippen molar-refractivity contribution >= 4 is 11.8 Å². The van der Waals surface area contributed by atoms with Gasteiger partial charge in [-0.2, -0.15) is 0 Å². The molecule has 116 valence electrons. The minimum Gasteiger partial charge on any atom is -0.465 e. The molecule has 21 heavy (non-hydrogen) atoms. The number of amides is 1. The number of nitro groups is 1. The Morgan fingerprint density at radius 2 is 2.10 bits per heavy atom. The molecule has 1 fully saturated rings. The zero-order chi connectivity index (χ0) is 15.8. The van der Waals surface area contributed by atoms with Crippen LogP contribution in [0.25, 0.3) is 0 Å². The van der Waals surface area contributed by atoms with E-state index in [1.165, 1.54) is 15.8 Å². The molecule has 1 saturated heterocycles. The monoisotopic (exact) mass is 298 g/mol. The Hall–Kier alpha value is -2.32. The number of hydrogen-bond donors (Lipinski definition) is 0. The van der Waals surface area contributed by atoms with Crippen molar-refractivity contribution in [3.8, 4) is 5.88 Å². The number of aryl methyl sites for hydroxylation is 1. The van der Waals surface area contributed by atoms with Gasteiger partial charge in [-0.1, -0.05) is 0 Å². The zero-order valence-electron chi connectivity index (χ0n) is 12.4. The van der Waals surface area contributed by atoms with Crippen LogP contribution in [0.3, 0.4) is 0 Å². The van der Waals surface area contributed by atoms with Gasteiger partial charge >= 0.3 is 17.7 Å². The molecule has 1 aliphatic heterocycles. The van der Waals surface area contributed by atoms with Crippen LogP contribution >= 0.6 is 0 Å². The summed E-state index contributed by atoms with van der Waals surface area (Å²) in [7, 11) is 1.58. The maximum absolute atomic E-state index is 11.7. The molecule has 0 aromatic carbocycles. The molecule has 1 amide bonds. The van der Waals surface area contributed by atoms with Gasteiger partial charge in [0.15, 0.2) is 0 Å². The second-order valence-corrected chi connectivity index (χ2v) is 5.88. The lowest BCUT2D eigenvalue weighted by Gasteiger charge is -2.38. The van der Waals surface area contributed by atoms with E-state index in [2.05, 4.69) is 5.10 Å². The Morgan fingerprint density at radius 1 is 1.48 bits per heavy atom. The summed E-state index contributed by atoms with van der Waals surface area (Å²) in [6.45, 7) is 6.01. The first-order valence-corrected chi connectivity index (χ1v) is 6.48. The first kappa shape index (κ1) is 15.1. The number of aromatic nitrogens is 2. The van der Waals surface area contributed by atoms with Gasteiger partial charge in [0.05, 0.1) is 18.0 Å². The van der Waals surface area contributed by atoms with E-state index in [0.29, 0.717) is 13.1 Å². The number of hydrogen-bond acceptors (Lipinski definition) is 6. The minimum absolute atomic E-state index is 0.0312. The Morgan fingerprint density at radius 3 is 2.62 bits per heavy atom. The Labute approximate surface area is 121 Å². The summed E-state index contributed by atoms with van der Waals surface area (Å²) in [5, 5.41) is 14.7. The number of likely N-dealkylation sites (tertiary alicyclic amines) is 1. The van der Waals surface area contributed by atoms with Crippen molar-refractivity contribution in [2.75, 3.05) is 13.1 Å². The van der Waals surface area contributed by atoms with Gasteiger partial charge in [-0.05, 0) is 20.8 Å². The van der Waals surface area contributed by atoms with Crippen LogP contribution in [0.1, 0.15) is 20.8 Å². The molecule has 0 spiro atoms. The predicted molar refractivity (Wildman–Crippen MR) is 72.1 cm³/mol. The zero-order valence-corrected chi connectivity index (χ0v) is 12.4. The predicted octanol–water partition coefficient (Wildman–Crippen LogP) is 1.33. The molecule has 0 radical (unpaired) electrons. The van der Waals surface area contributed by atoms with Crippen LogP contribution in [0.2, 0.25) is 0 Å². The van der Waals surface area contributed by atoms with Crippen molar-refractivity contribution < 1.29 is 19.2 Å². The van der Waals surface area contributed by atoms with Gasteiger partial charge in [0.1, 0.15) is 17.9 Å². The summed E-state index contributed by atoms with van der Waals surface area (Å²) in [6.07, 6.45) is 0.545. The first-order valence-electron chi connectivity index (χ1n) is 6.48. The maximum Gasteiger partial charge on any atom is 0.410 e. The third-order valence-corrected chi connectivity index (χ3v) is 2.75. The molecular formula is C12H18N4O5. The molecule has 0 atom stereocenters. The number of ether oxygens (including phenoxy) is 2. The molecule has 1 aromatic rings. The van der Waals surface area contributed by atoms with Gasteiger partial charge < -0.3 is 14.4 Å². The van der Waals surface area contributed by atoms with Crippen LogP contribution < -0.4 is 4.74 Å². The van der Waals surface area contributed by atoms with Crippen molar-refractivity contribution in [1.29, 1.82) is 0 Å². The molecule has 1 aromatic heterocycles. The van der Waals surface area contributed by atoms with E-state index in [9.17, 15) is 14.9 Å². The van der Waals surface area contributed by atoms with Gasteiger partial charge in [0.2, 0.25) is 0 Å². The fourth-order valence-corrected chi connectivity index (χ4v) is 1.81. The lowest BCUT2D eigenvalue weighted by molar-refractivity contribution is -0.386. The SMILES string of the molecule is Cn1cc([N+](=O)[O-])c(OC2CN(C(=O)OC(C)(C)C)C2)n1. The van der Waals surface area contributed by atoms with E-state index >= 15 is 0 Å². The van der Waals surface area contributed by atoms with Crippen molar-refractivity contribution in [1.82, 2.24) is 14.7 Å². The van der Waals surface area contributed by atoms with Crippen LogP contribution in [0.15, 0.2) is 6.20 Å². The topological polar surface area (TPSA) is 99.7 Å².